The highest BCUT2D eigenvalue weighted by Gasteiger charge is 2.09. The quantitative estimate of drug-likeness (QED) is 0.679. The Morgan fingerprint density at radius 3 is 2.11 bits per heavy atom. The van der Waals surface area contributed by atoms with Crippen molar-refractivity contribution in [2.45, 2.75) is 45.6 Å². The largest absolute Gasteiger partial charge is 0.462 e. The first-order chi connectivity index (χ1) is 12.8. The Labute approximate surface area is 166 Å². The van der Waals surface area contributed by atoms with E-state index in [4.69, 9.17) is 11.6 Å². The number of piperidine rings is 1. The lowest BCUT2D eigenvalue weighted by molar-refractivity contribution is -0.138. The van der Waals surface area contributed by atoms with Gasteiger partial charge in [-0.25, -0.2) is 0 Å². The number of benzene rings is 1. The Morgan fingerprint density at radius 1 is 1.07 bits per heavy atom. The molecule has 1 aliphatic rings. The Kier molecular flexibility index (Phi) is 10.2. The Hall–Kier alpha value is -2.34. The number of hydrogen-bond donors (Lipinski definition) is 0. The fourth-order valence-corrected chi connectivity index (χ4v) is 2.40. The van der Waals surface area contributed by atoms with Crippen LogP contribution < -0.4 is 4.90 Å². The highest BCUT2D eigenvalue weighted by molar-refractivity contribution is 6.29. The zero-order valence-corrected chi connectivity index (χ0v) is 16.9. The molecule has 7 heteroatoms. The molecule has 2 heterocycles. The summed E-state index contributed by atoms with van der Waals surface area (Å²) in [6, 6.07) is 10.7. The van der Waals surface area contributed by atoms with Crippen molar-refractivity contribution in [3.63, 3.8) is 0 Å². The molecule has 1 aromatic heterocycles. The van der Waals surface area contributed by atoms with Crippen LogP contribution in [0.15, 0.2) is 42.7 Å². The van der Waals surface area contributed by atoms with Gasteiger partial charge in [0.15, 0.2) is 5.15 Å². The minimum Gasteiger partial charge on any atom is -0.462 e. The lowest BCUT2D eigenvalue weighted by atomic mass is 10.1. The summed E-state index contributed by atoms with van der Waals surface area (Å²) in [4.78, 5) is 18.9. The molecule has 1 fully saturated rings. The van der Waals surface area contributed by atoms with Gasteiger partial charge >= 0.3 is 0 Å². The third-order valence-corrected chi connectivity index (χ3v) is 3.64. The van der Waals surface area contributed by atoms with E-state index in [9.17, 15) is 9.90 Å². The predicted molar refractivity (Wildman–Crippen MR) is 107 cm³/mol. The first-order valence-electron chi connectivity index (χ1n) is 8.88. The normalized spacial score (nSPS) is 13.4. The van der Waals surface area contributed by atoms with Crippen LogP contribution in [0.3, 0.4) is 0 Å². The average molecular weight is 393 g/mol. The van der Waals surface area contributed by atoms with Gasteiger partial charge in [0.25, 0.3) is 12.4 Å². The van der Waals surface area contributed by atoms with Gasteiger partial charge < -0.3 is 9.64 Å². The van der Waals surface area contributed by atoms with Crippen molar-refractivity contribution in [1.82, 2.24) is 9.97 Å². The number of hydrogen-bond acceptors (Lipinski definition) is 5. The van der Waals surface area contributed by atoms with Gasteiger partial charge in [0.1, 0.15) is 5.60 Å². The van der Waals surface area contributed by atoms with Crippen LogP contribution in [0, 0.1) is 0 Å². The molecule has 0 unspecified atom stereocenters. The van der Waals surface area contributed by atoms with Gasteiger partial charge in [-0.2, -0.15) is 4.98 Å². The molecular weight excluding hydrogens is 366 g/mol. The molecule has 0 aliphatic carbocycles. The summed E-state index contributed by atoms with van der Waals surface area (Å²) in [7, 11) is 0. The van der Waals surface area contributed by atoms with E-state index in [-0.39, 0.29) is 10.8 Å². The molecule has 1 radical (unpaired) electrons. The van der Waals surface area contributed by atoms with E-state index in [0.29, 0.717) is 6.47 Å². The van der Waals surface area contributed by atoms with E-state index >= 15 is 0 Å². The summed E-state index contributed by atoms with van der Waals surface area (Å²) in [5.74, 6) is -0.405. The SMILES string of the molecule is CC(C)(C)OC=O.[O]c1cncc(Cl)n1.c1ccc(N2CCCCC2)cc1. The zero-order valence-electron chi connectivity index (χ0n) is 16.1. The van der Waals surface area contributed by atoms with E-state index in [0.717, 1.165) is 6.20 Å². The highest BCUT2D eigenvalue weighted by Crippen LogP contribution is 2.18. The van der Waals surface area contributed by atoms with Crippen LogP contribution in [0.2, 0.25) is 5.15 Å². The molecule has 147 valence electrons. The van der Waals surface area contributed by atoms with E-state index in [1.165, 1.54) is 44.2 Å². The van der Waals surface area contributed by atoms with Crippen molar-refractivity contribution in [2.24, 2.45) is 0 Å². The van der Waals surface area contributed by atoms with Crippen molar-refractivity contribution in [3.05, 3.63) is 47.9 Å². The molecule has 3 rings (SSSR count). The summed E-state index contributed by atoms with van der Waals surface area (Å²) in [5, 5.41) is 10.4. The molecule has 0 N–H and O–H groups in total. The summed E-state index contributed by atoms with van der Waals surface area (Å²) < 4.78 is 4.55. The van der Waals surface area contributed by atoms with Crippen LogP contribution in [0.1, 0.15) is 40.0 Å². The zero-order chi connectivity index (χ0) is 20.1. The molecule has 1 aliphatic heterocycles. The second-order valence-corrected chi connectivity index (χ2v) is 7.28. The van der Waals surface area contributed by atoms with Crippen molar-refractivity contribution in [3.8, 4) is 5.88 Å². The Bertz CT molecular complexity index is 640. The monoisotopic (exact) mass is 392 g/mol. The standard InChI is InChI=1S/C11H15N.C5H10O2.C4H2ClN2O/c1-3-7-11(8-4-1)12-9-5-2-6-10-12;1-5(2,3)7-4-6;5-3-1-6-2-4(8)7-3/h1,3-4,7-8H,2,5-6,9-10H2;4H,1-3H3;1-2H. The number of halogens is 1. The van der Waals surface area contributed by atoms with E-state index < -0.39 is 5.88 Å². The van der Waals surface area contributed by atoms with E-state index in [1.54, 1.807) is 0 Å². The van der Waals surface area contributed by atoms with Gasteiger partial charge in [-0.05, 0) is 52.2 Å². The van der Waals surface area contributed by atoms with E-state index in [2.05, 4.69) is 49.9 Å². The molecule has 0 saturated carbocycles. The second-order valence-electron chi connectivity index (χ2n) is 6.89. The minimum absolute atomic E-state index is 0.137. The lowest BCUT2D eigenvalue weighted by Crippen LogP contribution is -2.29. The predicted octanol–water partition coefficient (Wildman–Crippen LogP) is 4.91. The third kappa shape index (κ3) is 11.1. The van der Waals surface area contributed by atoms with E-state index in [1.807, 2.05) is 20.8 Å². The van der Waals surface area contributed by atoms with Gasteiger partial charge in [-0.15, -0.1) is 0 Å². The molecular formula is C20H27ClN3O3. The average Bonchev–Trinajstić information content (AvgIpc) is 2.63. The molecule has 0 amide bonds. The summed E-state index contributed by atoms with van der Waals surface area (Å²) in [6.45, 7) is 8.40. The first-order valence-corrected chi connectivity index (χ1v) is 9.25. The maximum atomic E-state index is 10.2. The van der Waals surface area contributed by atoms with Crippen LogP contribution in [-0.2, 0) is 14.6 Å². The molecule has 2 aromatic rings. The summed E-state index contributed by atoms with van der Waals surface area (Å²) in [5.41, 5.74) is 1.07. The molecule has 0 atom stereocenters. The number of aromatic nitrogens is 2. The maximum Gasteiger partial charge on any atom is 0.293 e. The number of ether oxygens (including phenoxy) is 1. The molecule has 1 saturated heterocycles. The topological polar surface area (TPSA) is 75.2 Å². The smallest absolute Gasteiger partial charge is 0.293 e. The number of rotatable bonds is 2. The van der Waals surface area contributed by atoms with Crippen LogP contribution in [0.25, 0.3) is 0 Å². The second kappa shape index (κ2) is 12.1. The number of anilines is 1. The van der Waals surface area contributed by atoms with Gasteiger partial charge in [0, 0.05) is 18.8 Å². The van der Waals surface area contributed by atoms with Crippen molar-refractivity contribution in [1.29, 1.82) is 0 Å². The summed E-state index contributed by atoms with van der Waals surface area (Å²) in [6.07, 6.45) is 6.53. The molecule has 1 aromatic carbocycles. The fourth-order valence-electron chi connectivity index (χ4n) is 2.26. The number of carbonyl (C=O) groups is 1. The minimum atomic E-state index is -0.405. The van der Waals surface area contributed by atoms with Crippen molar-refractivity contribution >= 4 is 23.8 Å². The van der Waals surface area contributed by atoms with Crippen molar-refractivity contribution in [2.75, 3.05) is 18.0 Å². The van der Waals surface area contributed by atoms with Gasteiger partial charge in [0.2, 0.25) is 0 Å². The van der Waals surface area contributed by atoms with Crippen LogP contribution >= 0.6 is 11.6 Å². The first kappa shape index (κ1) is 22.7. The third-order valence-electron chi connectivity index (χ3n) is 3.46. The maximum absolute atomic E-state index is 10.2. The Morgan fingerprint density at radius 2 is 1.70 bits per heavy atom. The summed E-state index contributed by atoms with van der Waals surface area (Å²) >= 11 is 5.27. The number of carbonyl (C=O) groups excluding carboxylic acids is 1. The van der Waals surface area contributed by atoms with Gasteiger partial charge in [0.05, 0.1) is 12.4 Å². The molecule has 0 spiro atoms. The van der Waals surface area contributed by atoms with Crippen LogP contribution in [0.5, 0.6) is 5.88 Å². The van der Waals surface area contributed by atoms with Crippen LogP contribution in [0.4, 0.5) is 5.69 Å². The number of para-hydroxylation sites is 1. The van der Waals surface area contributed by atoms with Gasteiger partial charge in [-0.3, -0.25) is 14.9 Å². The van der Waals surface area contributed by atoms with Crippen molar-refractivity contribution < 1.29 is 14.6 Å². The fraction of sp³-hybridized carbons (Fsp3) is 0.450. The highest BCUT2D eigenvalue weighted by atomic mass is 35.5. The molecule has 0 bridgehead atoms. The van der Waals surface area contributed by atoms with Gasteiger partial charge in [-0.1, -0.05) is 29.8 Å². The van der Waals surface area contributed by atoms with Crippen LogP contribution in [-0.4, -0.2) is 35.1 Å². The lowest BCUT2D eigenvalue weighted by Gasteiger charge is -2.28. The molecule has 27 heavy (non-hydrogen) atoms. The Balaban J connectivity index is 0.000000214. The molecule has 6 nitrogen and oxygen atoms in total. The number of nitrogens with zero attached hydrogens (tertiary/aromatic N) is 3.